The summed E-state index contributed by atoms with van der Waals surface area (Å²) in [6.45, 7) is -0.373. The first-order valence-electron chi connectivity index (χ1n) is 7.04. The lowest BCUT2D eigenvalue weighted by atomic mass is 10.1. The summed E-state index contributed by atoms with van der Waals surface area (Å²) in [5.74, 6) is -1.18. The third-order valence-electron chi connectivity index (χ3n) is 2.76. The van der Waals surface area contributed by atoms with E-state index in [0.717, 1.165) is 5.56 Å². The predicted octanol–water partition coefficient (Wildman–Crippen LogP) is 0.633. The molecule has 1 aromatic carbocycles. The first-order chi connectivity index (χ1) is 11.5. The highest BCUT2D eigenvalue weighted by atomic mass is 17.0. The number of alkyl carbamates (subject to hydrolysis) is 1. The highest BCUT2D eigenvalue weighted by molar-refractivity contribution is 5.80. The molecule has 10 heteroatoms. The lowest BCUT2D eigenvalue weighted by Crippen LogP contribution is -2.42. The molecule has 132 valence electrons. The Labute approximate surface area is 137 Å². The van der Waals surface area contributed by atoms with Gasteiger partial charge in [-0.3, -0.25) is 0 Å². The van der Waals surface area contributed by atoms with E-state index in [1.807, 2.05) is 0 Å². The second-order valence-corrected chi connectivity index (χ2v) is 4.53. The summed E-state index contributed by atoms with van der Waals surface area (Å²) in [7, 11) is 0. The van der Waals surface area contributed by atoms with Gasteiger partial charge in [0.2, 0.25) is 0 Å². The van der Waals surface area contributed by atoms with Crippen LogP contribution in [0.25, 0.3) is 0 Å². The van der Waals surface area contributed by atoms with Crippen molar-refractivity contribution in [2.45, 2.75) is 12.5 Å². The van der Waals surface area contributed by atoms with Crippen LogP contribution < -0.4 is 5.32 Å². The van der Waals surface area contributed by atoms with Crippen molar-refractivity contribution in [3.8, 4) is 0 Å². The Bertz CT molecular complexity index is 537. The van der Waals surface area contributed by atoms with Gasteiger partial charge < -0.3 is 24.7 Å². The van der Waals surface area contributed by atoms with E-state index < -0.39 is 23.2 Å². The minimum atomic E-state index is -1.18. The third-order valence-corrected chi connectivity index (χ3v) is 2.76. The number of carboxylic acids is 1. The maximum Gasteiger partial charge on any atom is 0.407 e. The largest absolute Gasteiger partial charge is 0.480 e. The summed E-state index contributed by atoms with van der Waals surface area (Å²) in [5.41, 5.74) is 0.763. The number of hydrogen-bond donors (Lipinski definition) is 2. The summed E-state index contributed by atoms with van der Waals surface area (Å²) < 4.78 is 9.71. The zero-order valence-electron chi connectivity index (χ0n) is 12.8. The van der Waals surface area contributed by atoms with Crippen LogP contribution in [0.4, 0.5) is 4.79 Å². The quantitative estimate of drug-likeness (QED) is 0.339. The molecular formula is C14H18N2O8. The van der Waals surface area contributed by atoms with E-state index in [0.29, 0.717) is 0 Å². The Morgan fingerprint density at radius 2 is 1.83 bits per heavy atom. The fraction of sp³-hybridized carbons (Fsp3) is 0.429. The van der Waals surface area contributed by atoms with Crippen LogP contribution in [-0.4, -0.2) is 54.7 Å². The lowest BCUT2D eigenvalue weighted by Gasteiger charge is -2.14. The highest BCUT2D eigenvalue weighted by Gasteiger charge is 2.20. The van der Waals surface area contributed by atoms with Crippen molar-refractivity contribution in [1.29, 1.82) is 0 Å². The maximum absolute atomic E-state index is 11.6. The van der Waals surface area contributed by atoms with E-state index in [1.54, 1.807) is 30.3 Å². The van der Waals surface area contributed by atoms with Gasteiger partial charge in [0, 0.05) is 6.42 Å². The fourth-order valence-electron chi connectivity index (χ4n) is 1.70. The summed E-state index contributed by atoms with van der Waals surface area (Å²) in [4.78, 5) is 36.6. The van der Waals surface area contributed by atoms with Gasteiger partial charge in [-0.05, 0) is 5.56 Å². The Hall–Kier alpha value is -2.88. The summed E-state index contributed by atoms with van der Waals surface area (Å²) >= 11 is 0. The molecule has 24 heavy (non-hydrogen) atoms. The van der Waals surface area contributed by atoms with E-state index >= 15 is 0 Å². The molecule has 1 atom stereocenters. The highest BCUT2D eigenvalue weighted by Crippen LogP contribution is 2.03. The third kappa shape index (κ3) is 8.54. The van der Waals surface area contributed by atoms with Crippen LogP contribution in [0.15, 0.2) is 30.3 Å². The summed E-state index contributed by atoms with van der Waals surface area (Å²) in [5, 5.41) is 20.3. The zero-order chi connectivity index (χ0) is 17.8. The maximum atomic E-state index is 11.6. The van der Waals surface area contributed by atoms with Crippen molar-refractivity contribution in [3.63, 3.8) is 0 Å². The summed E-state index contributed by atoms with van der Waals surface area (Å²) in [6, 6.07) is 7.74. The number of hydrogen-bond acceptors (Lipinski definition) is 7. The van der Waals surface area contributed by atoms with Gasteiger partial charge in [-0.1, -0.05) is 30.3 Å². The average molecular weight is 342 g/mol. The molecule has 0 aliphatic carbocycles. The van der Waals surface area contributed by atoms with Crippen molar-refractivity contribution in [2.75, 3.05) is 26.4 Å². The van der Waals surface area contributed by atoms with Gasteiger partial charge in [0.15, 0.2) is 0 Å². The number of amides is 1. The number of rotatable bonds is 11. The SMILES string of the molecule is O=C(NC(Cc1ccccc1)C(=O)O)OCCOCCO[N+](=O)[O-]. The molecule has 0 aliphatic rings. The molecule has 1 aromatic rings. The Kier molecular flexibility index (Phi) is 8.61. The van der Waals surface area contributed by atoms with Crippen molar-refractivity contribution in [3.05, 3.63) is 46.0 Å². The number of benzene rings is 1. The molecule has 0 spiro atoms. The van der Waals surface area contributed by atoms with E-state index in [2.05, 4.69) is 10.2 Å². The van der Waals surface area contributed by atoms with Crippen molar-refractivity contribution < 1.29 is 34.1 Å². The van der Waals surface area contributed by atoms with Gasteiger partial charge in [0.05, 0.1) is 13.2 Å². The molecule has 1 unspecified atom stereocenters. The Morgan fingerprint density at radius 3 is 2.46 bits per heavy atom. The molecule has 1 rings (SSSR count). The van der Waals surface area contributed by atoms with Crippen LogP contribution in [0.1, 0.15) is 5.56 Å². The molecule has 0 fully saturated rings. The van der Waals surface area contributed by atoms with E-state index in [4.69, 9.17) is 14.6 Å². The van der Waals surface area contributed by atoms with Crippen molar-refractivity contribution in [2.24, 2.45) is 0 Å². The number of ether oxygens (including phenoxy) is 2. The number of carboxylic acid groups (broad SMARTS) is 1. The second-order valence-electron chi connectivity index (χ2n) is 4.53. The number of aliphatic carboxylic acids is 1. The first kappa shape index (κ1) is 19.2. The Morgan fingerprint density at radius 1 is 1.17 bits per heavy atom. The number of nitrogens with one attached hydrogen (secondary N) is 1. The molecule has 0 bridgehead atoms. The molecule has 10 nitrogen and oxygen atoms in total. The predicted molar refractivity (Wildman–Crippen MR) is 79.8 cm³/mol. The lowest BCUT2D eigenvalue weighted by molar-refractivity contribution is -0.758. The number of carbonyl (C=O) groups is 2. The van der Waals surface area contributed by atoms with Crippen LogP contribution in [0.3, 0.4) is 0 Å². The summed E-state index contributed by atoms with van der Waals surface area (Å²) in [6.07, 6.45) is -0.761. The average Bonchev–Trinajstić information content (AvgIpc) is 2.54. The van der Waals surface area contributed by atoms with E-state index in [-0.39, 0.29) is 32.8 Å². The molecule has 0 radical (unpaired) electrons. The minimum absolute atomic E-state index is 0.00488. The molecule has 0 heterocycles. The van der Waals surface area contributed by atoms with Crippen LogP contribution in [0, 0.1) is 10.1 Å². The molecule has 0 saturated heterocycles. The van der Waals surface area contributed by atoms with E-state index in [9.17, 15) is 19.7 Å². The molecular weight excluding hydrogens is 324 g/mol. The molecule has 1 amide bonds. The van der Waals surface area contributed by atoms with Gasteiger partial charge >= 0.3 is 12.1 Å². The van der Waals surface area contributed by atoms with Gasteiger partial charge in [-0.2, -0.15) is 0 Å². The topological polar surface area (TPSA) is 137 Å². The minimum Gasteiger partial charge on any atom is -0.480 e. The van der Waals surface area contributed by atoms with Crippen LogP contribution in [0.5, 0.6) is 0 Å². The smallest absolute Gasteiger partial charge is 0.407 e. The van der Waals surface area contributed by atoms with Gasteiger partial charge in [-0.25, -0.2) is 9.59 Å². The van der Waals surface area contributed by atoms with Gasteiger partial charge in [-0.15, -0.1) is 10.1 Å². The van der Waals surface area contributed by atoms with Gasteiger partial charge in [0.1, 0.15) is 19.3 Å². The number of nitrogens with zero attached hydrogens (tertiary/aromatic N) is 1. The fourth-order valence-corrected chi connectivity index (χ4v) is 1.70. The van der Waals surface area contributed by atoms with Crippen LogP contribution in [-0.2, 0) is 25.5 Å². The molecule has 0 saturated carbocycles. The van der Waals surface area contributed by atoms with Crippen LogP contribution >= 0.6 is 0 Å². The zero-order valence-corrected chi connectivity index (χ0v) is 12.8. The van der Waals surface area contributed by atoms with Crippen molar-refractivity contribution >= 4 is 12.1 Å². The standard InChI is InChI=1S/C14H18N2O8/c17-13(18)12(10-11-4-2-1-3-5-11)15-14(19)23-8-6-22-7-9-24-16(20)21/h1-5,12H,6-10H2,(H,15,19)(H,17,18). The van der Waals surface area contributed by atoms with Gasteiger partial charge in [0.25, 0.3) is 5.09 Å². The normalized spacial score (nSPS) is 11.3. The van der Waals surface area contributed by atoms with E-state index in [1.165, 1.54) is 0 Å². The van der Waals surface area contributed by atoms with Crippen molar-refractivity contribution in [1.82, 2.24) is 5.32 Å². The molecule has 2 N–H and O–H groups in total. The molecule has 0 aromatic heterocycles. The monoisotopic (exact) mass is 342 g/mol. The first-order valence-corrected chi connectivity index (χ1v) is 7.04. The van der Waals surface area contributed by atoms with Crippen LogP contribution in [0.2, 0.25) is 0 Å². The Balaban J connectivity index is 2.23. The number of carbonyl (C=O) groups excluding carboxylic acids is 1. The molecule has 0 aliphatic heterocycles. The second kappa shape index (κ2) is 10.8.